The van der Waals surface area contributed by atoms with Crippen molar-refractivity contribution < 1.29 is 34.1 Å². The Bertz CT molecular complexity index is 1490. The molecule has 0 unspecified atom stereocenters. The lowest BCUT2D eigenvalue weighted by atomic mass is 9.82. The maximum Gasteiger partial charge on any atom is 0.188 e. The Morgan fingerprint density at radius 1 is 0.580 bits per heavy atom. The molecule has 3 rings (SSSR count). The fourth-order valence-electron chi connectivity index (χ4n) is 6.27. The van der Waals surface area contributed by atoms with Gasteiger partial charge < -0.3 is 34.1 Å². The first-order chi connectivity index (χ1) is 22.1. The molecule has 0 radical (unpaired) electrons. The molecule has 0 bridgehead atoms. The van der Waals surface area contributed by atoms with Crippen LogP contribution in [0.3, 0.4) is 0 Å². The molecular weight excluding hydrogens is 693 g/mol. The van der Waals surface area contributed by atoms with Gasteiger partial charge in [0.1, 0.15) is 17.6 Å². The number of phenols is 1. The highest BCUT2D eigenvalue weighted by Gasteiger charge is 2.45. The normalized spacial score (nSPS) is 18.6. The number of aromatic hydroxyl groups is 1. The van der Waals surface area contributed by atoms with Gasteiger partial charge in [-0.05, 0) is 132 Å². The van der Waals surface area contributed by atoms with Crippen LogP contribution < -0.4 is 4.74 Å². The molecule has 0 saturated heterocycles. The van der Waals surface area contributed by atoms with Crippen molar-refractivity contribution in [3.05, 3.63) is 57.6 Å². The Hall–Kier alpha value is -1.29. The molecule has 1 aliphatic rings. The molecular formula is C39H70O7Si4. The fourth-order valence-corrected chi connectivity index (χ4v) is 8.75. The summed E-state index contributed by atoms with van der Waals surface area (Å²) in [6, 6.07) is 7.65. The van der Waals surface area contributed by atoms with Gasteiger partial charge in [0.25, 0.3) is 0 Å². The second kappa shape index (κ2) is 13.8. The molecule has 0 amide bonds. The van der Waals surface area contributed by atoms with Crippen molar-refractivity contribution in [3.8, 4) is 11.5 Å². The lowest BCUT2D eigenvalue weighted by Gasteiger charge is -2.41. The summed E-state index contributed by atoms with van der Waals surface area (Å²) in [4.78, 5) is 45.4. The van der Waals surface area contributed by atoms with Crippen LogP contribution in [0, 0.1) is 0 Å². The first-order valence-corrected chi connectivity index (χ1v) is 30.1. The Labute approximate surface area is 307 Å². The summed E-state index contributed by atoms with van der Waals surface area (Å²) in [6.07, 6.45) is 1.19. The Kier molecular flexibility index (Phi) is 11.9. The number of hydrogen-bond acceptors (Lipinski definition) is 7. The van der Waals surface area contributed by atoms with Crippen molar-refractivity contribution in [2.24, 2.45) is 0 Å². The molecule has 2 aromatic carbocycles. The van der Waals surface area contributed by atoms with E-state index in [9.17, 15) is 29.4 Å². The van der Waals surface area contributed by atoms with E-state index in [4.69, 9.17) is 4.74 Å². The molecule has 7 nitrogen and oxygen atoms in total. The van der Waals surface area contributed by atoms with E-state index in [1.54, 1.807) is 12.1 Å². The van der Waals surface area contributed by atoms with Gasteiger partial charge in [0, 0.05) is 18.1 Å². The van der Waals surface area contributed by atoms with Crippen LogP contribution in [-0.4, -0.2) is 68.8 Å². The lowest BCUT2D eigenvalue weighted by Crippen LogP contribution is -2.43. The SMILES string of the molecule is CC(C)(Cc1cc([C@H]2Oc3cc(O)cc(CC(C)(C)[Si](C)(C)O)c3C[C@H]2O)cc(CC(C)(C)[Si](C)(C)O)c1CC(C)(C)[Si](C)(C)O)[Si](C)(C)O. The fraction of sp³-hybridized carbons (Fsp3) is 0.692. The van der Waals surface area contributed by atoms with Crippen molar-refractivity contribution in [1.82, 2.24) is 0 Å². The zero-order valence-electron chi connectivity index (χ0n) is 34.1. The van der Waals surface area contributed by atoms with Gasteiger partial charge >= 0.3 is 0 Å². The molecule has 0 fully saturated rings. The van der Waals surface area contributed by atoms with E-state index in [1.807, 2.05) is 52.4 Å². The molecule has 1 aliphatic heterocycles. The first-order valence-electron chi connectivity index (χ1n) is 18.3. The minimum atomic E-state index is -2.64. The van der Waals surface area contributed by atoms with Crippen molar-refractivity contribution in [3.63, 3.8) is 0 Å². The third-order valence-corrected chi connectivity index (χ3v) is 27.2. The molecule has 6 N–H and O–H groups in total. The molecule has 2 aromatic rings. The average Bonchev–Trinajstić information content (AvgIpc) is 2.87. The lowest BCUT2D eigenvalue weighted by molar-refractivity contribution is 0.0202. The molecule has 0 aromatic heterocycles. The van der Waals surface area contributed by atoms with Gasteiger partial charge in [-0.1, -0.05) is 67.5 Å². The first kappa shape index (κ1) is 43.1. The van der Waals surface area contributed by atoms with Crippen LogP contribution in [0.25, 0.3) is 0 Å². The van der Waals surface area contributed by atoms with E-state index in [0.717, 1.165) is 33.4 Å². The van der Waals surface area contributed by atoms with Crippen LogP contribution in [0.2, 0.25) is 72.5 Å². The second-order valence-corrected chi connectivity index (χ2v) is 38.1. The maximum atomic E-state index is 11.9. The maximum absolute atomic E-state index is 11.9. The topological polar surface area (TPSA) is 131 Å². The quantitative estimate of drug-likeness (QED) is 0.113. The standard InChI is InChI=1S/C39H70O7Si4/c1-36(2,47(9,10)42)22-27-17-26(18-28(23-37(3,4)48(11,12)43)32(27)25-39(7,8)50(15,16)45)35-33(41)21-31-29(19-30(40)20-34(31)46-35)24-38(5,6)49(13,14)44/h17-20,33,35,40-45H,21-25H2,1-16H3/t33-,35-/m1/s1. The van der Waals surface area contributed by atoms with Crippen LogP contribution in [0.1, 0.15) is 94.9 Å². The monoisotopic (exact) mass is 762 g/mol. The number of benzene rings is 2. The van der Waals surface area contributed by atoms with Crippen LogP contribution in [0.5, 0.6) is 11.5 Å². The summed E-state index contributed by atoms with van der Waals surface area (Å²) in [7, 11) is -10.5. The van der Waals surface area contributed by atoms with E-state index in [0.29, 0.717) is 37.9 Å². The van der Waals surface area contributed by atoms with Gasteiger partial charge in [-0.25, -0.2) is 0 Å². The number of hydrogen-bond donors (Lipinski definition) is 6. The molecule has 0 aliphatic carbocycles. The average molecular weight is 763 g/mol. The zero-order valence-corrected chi connectivity index (χ0v) is 38.1. The van der Waals surface area contributed by atoms with Gasteiger partial charge in [-0.2, -0.15) is 0 Å². The summed E-state index contributed by atoms with van der Waals surface area (Å²) in [5, 5.41) is 21.2. The predicted octanol–water partition coefficient (Wildman–Crippen LogP) is 8.51. The molecule has 2 atom stereocenters. The molecule has 0 saturated carbocycles. The number of aliphatic hydroxyl groups excluding tert-OH is 1. The van der Waals surface area contributed by atoms with E-state index in [-0.39, 0.29) is 25.9 Å². The highest BCUT2D eigenvalue weighted by molar-refractivity contribution is 6.74. The summed E-state index contributed by atoms with van der Waals surface area (Å²) in [5.74, 6) is 0.629. The summed E-state index contributed by atoms with van der Waals surface area (Å²) >= 11 is 0. The Morgan fingerprint density at radius 3 is 1.32 bits per heavy atom. The summed E-state index contributed by atoms with van der Waals surface area (Å²) in [5.41, 5.74) is 5.86. The van der Waals surface area contributed by atoms with Gasteiger partial charge in [-0.3, -0.25) is 0 Å². The minimum absolute atomic E-state index is 0.0885. The zero-order chi connectivity index (χ0) is 38.8. The molecule has 50 heavy (non-hydrogen) atoms. The minimum Gasteiger partial charge on any atom is -0.508 e. The van der Waals surface area contributed by atoms with Gasteiger partial charge in [-0.15, -0.1) is 0 Å². The Morgan fingerprint density at radius 2 is 0.940 bits per heavy atom. The van der Waals surface area contributed by atoms with Crippen LogP contribution in [0.15, 0.2) is 24.3 Å². The molecule has 0 spiro atoms. The second-order valence-electron chi connectivity index (χ2n) is 20.2. The largest absolute Gasteiger partial charge is 0.508 e. The van der Waals surface area contributed by atoms with E-state index >= 15 is 0 Å². The van der Waals surface area contributed by atoms with Crippen molar-refractivity contribution >= 4 is 33.3 Å². The van der Waals surface area contributed by atoms with E-state index in [1.165, 1.54) is 0 Å². The predicted molar refractivity (Wildman–Crippen MR) is 217 cm³/mol. The number of rotatable bonds is 13. The molecule has 284 valence electrons. The number of aliphatic hydroxyl groups is 1. The van der Waals surface area contributed by atoms with Crippen LogP contribution in [-0.2, 0) is 32.1 Å². The van der Waals surface area contributed by atoms with Gasteiger partial charge in [0.15, 0.2) is 33.3 Å². The summed E-state index contributed by atoms with van der Waals surface area (Å²) < 4.78 is 6.68. The van der Waals surface area contributed by atoms with E-state index < -0.39 is 45.5 Å². The Balaban J connectivity index is 2.31. The van der Waals surface area contributed by atoms with Crippen molar-refractivity contribution in [2.75, 3.05) is 0 Å². The molecule has 11 heteroatoms. The van der Waals surface area contributed by atoms with Crippen LogP contribution in [0.4, 0.5) is 0 Å². The molecule has 1 heterocycles. The third-order valence-electron chi connectivity index (χ3n) is 13.2. The van der Waals surface area contributed by atoms with Crippen molar-refractivity contribution in [1.29, 1.82) is 0 Å². The van der Waals surface area contributed by atoms with E-state index in [2.05, 4.69) is 67.5 Å². The highest BCUT2D eigenvalue weighted by atomic mass is 28.4. The van der Waals surface area contributed by atoms with Gasteiger partial charge in [0.2, 0.25) is 0 Å². The van der Waals surface area contributed by atoms with Crippen molar-refractivity contribution in [2.45, 2.75) is 172 Å². The summed E-state index contributed by atoms with van der Waals surface area (Å²) in [6.45, 7) is 32.6. The number of phenolic OH excluding ortho intramolecular Hbond substituents is 1. The van der Waals surface area contributed by atoms with Gasteiger partial charge in [0.05, 0.1) is 6.10 Å². The number of fused-ring (bicyclic) bond motifs is 1. The van der Waals surface area contributed by atoms with Crippen LogP contribution >= 0.6 is 0 Å². The third kappa shape index (κ3) is 9.25. The number of ether oxygens (including phenoxy) is 1. The smallest absolute Gasteiger partial charge is 0.188 e. The highest BCUT2D eigenvalue weighted by Crippen LogP contribution is 2.49.